The number of hydrogen-bond donors (Lipinski definition) is 1. The van der Waals surface area contributed by atoms with Gasteiger partial charge in [-0.3, -0.25) is 4.79 Å². The van der Waals surface area contributed by atoms with Crippen LogP contribution in [0.3, 0.4) is 0 Å². The number of sulfonamides is 1. The summed E-state index contributed by atoms with van der Waals surface area (Å²) < 4.78 is 33.3. The lowest BCUT2D eigenvalue weighted by molar-refractivity contribution is 0.0899. The maximum atomic E-state index is 13.1. The maximum absolute atomic E-state index is 13.1. The molecule has 3 rings (SSSR count). The molecule has 0 spiro atoms. The number of nitrogens with zero attached hydrogens (tertiary/aromatic N) is 1. The highest BCUT2D eigenvalue weighted by atomic mass is 35.5. The molecule has 0 saturated carbocycles. The first-order valence-electron chi connectivity index (χ1n) is 10.5. The summed E-state index contributed by atoms with van der Waals surface area (Å²) in [6.07, 6.45) is 6.05. The van der Waals surface area contributed by atoms with Crippen molar-refractivity contribution in [3.05, 3.63) is 28.8 Å². The van der Waals surface area contributed by atoms with Gasteiger partial charge in [-0.2, -0.15) is 4.31 Å². The summed E-state index contributed by atoms with van der Waals surface area (Å²) in [6.45, 7) is 5.79. The molecule has 2 aliphatic rings. The number of nitrogens with one attached hydrogen (secondary N) is 1. The molecule has 0 bridgehead atoms. The fourth-order valence-corrected chi connectivity index (χ4v) is 6.13. The van der Waals surface area contributed by atoms with Crippen LogP contribution in [0.15, 0.2) is 23.1 Å². The van der Waals surface area contributed by atoms with E-state index in [1.807, 2.05) is 13.8 Å². The van der Waals surface area contributed by atoms with Crippen LogP contribution in [0.1, 0.15) is 62.7 Å². The van der Waals surface area contributed by atoms with Gasteiger partial charge in [0.05, 0.1) is 11.1 Å². The average Bonchev–Trinajstić information content (AvgIpc) is 3.20. The third-order valence-electron chi connectivity index (χ3n) is 5.75. The maximum Gasteiger partial charge on any atom is 0.251 e. The second-order valence-corrected chi connectivity index (χ2v) is 10.7. The molecule has 1 amide bonds. The summed E-state index contributed by atoms with van der Waals surface area (Å²) in [5.41, 5.74) is 0.307. The van der Waals surface area contributed by atoms with Gasteiger partial charge in [-0.1, -0.05) is 18.5 Å². The summed E-state index contributed by atoms with van der Waals surface area (Å²) in [6, 6.07) is 4.44. The van der Waals surface area contributed by atoms with Gasteiger partial charge in [-0.15, -0.1) is 0 Å². The third-order valence-corrected chi connectivity index (χ3v) is 8.10. The zero-order valence-corrected chi connectivity index (χ0v) is 18.8. The molecule has 1 aromatic carbocycles. The minimum absolute atomic E-state index is 0.00734. The van der Waals surface area contributed by atoms with Gasteiger partial charge in [0.25, 0.3) is 5.91 Å². The highest BCUT2D eigenvalue weighted by Gasteiger charge is 2.31. The van der Waals surface area contributed by atoms with E-state index in [-0.39, 0.29) is 28.0 Å². The van der Waals surface area contributed by atoms with Gasteiger partial charge < -0.3 is 10.1 Å². The minimum atomic E-state index is -3.73. The van der Waals surface area contributed by atoms with Crippen molar-refractivity contribution in [3.8, 4) is 0 Å². The number of carbonyl (C=O) groups is 1. The number of rotatable bonds is 7. The van der Waals surface area contributed by atoms with Crippen LogP contribution in [0.2, 0.25) is 5.02 Å². The van der Waals surface area contributed by atoms with Crippen LogP contribution in [0.5, 0.6) is 0 Å². The second kappa shape index (κ2) is 9.77. The standard InChI is InChI=1S/C21H31ClN2O4S/c1-15-5-3-11-24(14-15)29(26,27)20-13-17(8-10-19(20)22)21(25)23-16(2)7-9-18-6-4-12-28-18/h8,10,13,15-16,18H,3-7,9,11-12,14H2,1-2H3,(H,23,25). The molecular weight excluding hydrogens is 412 g/mol. The molecule has 162 valence electrons. The first-order valence-corrected chi connectivity index (χ1v) is 12.3. The van der Waals surface area contributed by atoms with Gasteiger partial charge in [0.15, 0.2) is 0 Å². The van der Waals surface area contributed by atoms with Gasteiger partial charge in [0.1, 0.15) is 4.90 Å². The summed E-state index contributed by atoms with van der Waals surface area (Å²) in [5.74, 6) is 0.0263. The molecule has 0 radical (unpaired) electrons. The van der Waals surface area contributed by atoms with E-state index in [1.54, 1.807) is 6.07 Å². The van der Waals surface area contributed by atoms with Crippen molar-refractivity contribution in [2.24, 2.45) is 5.92 Å². The van der Waals surface area contributed by atoms with Crippen LogP contribution in [-0.2, 0) is 14.8 Å². The second-order valence-electron chi connectivity index (χ2n) is 8.34. The van der Waals surface area contributed by atoms with E-state index in [4.69, 9.17) is 16.3 Å². The fraction of sp³-hybridized carbons (Fsp3) is 0.667. The summed E-state index contributed by atoms with van der Waals surface area (Å²) in [4.78, 5) is 12.7. The molecule has 3 unspecified atom stereocenters. The van der Waals surface area contributed by atoms with Crippen molar-refractivity contribution < 1.29 is 17.9 Å². The van der Waals surface area contributed by atoms with Crippen LogP contribution < -0.4 is 5.32 Å². The molecule has 3 atom stereocenters. The van der Waals surface area contributed by atoms with E-state index in [0.717, 1.165) is 45.1 Å². The summed E-state index contributed by atoms with van der Waals surface area (Å²) in [5, 5.41) is 3.10. The predicted octanol–water partition coefficient (Wildman–Crippen LogP) is 3.84. The monoisotopic (exact) mass is 442 g/mol. The first kappa shape index (κ1) is 22.5. The number of benzene rings is 1. The quantitative estimate of drug-likeness (QED) is 0.696. The fourth-order valence-electron chi connectivity index (χ4n) is 4.03. The van der Waals surface area contributed by atoms with Crippen LogP contribution >= 0.6 is 11.6 Å². The molecule has 2 fully saturated rings. The molecule has 1 aromatic rings. The highest BCUT2D eigenvalue weighted by Crippen LogP contribution is 2.29. The van der Waals surface area contributed by atoms with Crippen LogP contribution in [0.4, 0.5) is 0 Å². The smallest absolute Gasteiger partial charge is 0.251 e. The van der Waals surface area contributed by atoms with E-state index < -0.39 is 10.0 Å². The number of hydrogen-bond acceptors (Lipinski definition) is 4. The minimum Gasteiger partial charge on any atom is -0.378 e. The van der Waals surface area contributed by atoms with Gasteiger partial charge >= 0.3 is 0 Å². The van der Waals surface area contributed by atoms with Crippen LogP contribution in [0, 0.1) is 5.92 Å². The number of halogens is 1. The van der Waals surface area contributed by atoms with E-state index in [2.05, 4.69) is 5.32 Å². The first-order chi connectivity index (χ1) is 13.8. The Kier molecular flexibility index (Phi) is 7.59. The van der Waals surface area contributed by atoms with Crippen LogP contribution in [-0.4, -0.2) is 50.5 Å². The molecule has 6 nitrogen and oxygen atoms in total. The van der Waals surface area contributed by atoms with E-state index >= 15 is 0 Å². The zero-order valence-electron chi connectivity index (χ0n) is 17.2. The Morgan fingerprint density at radius 3 is 2.83 bits per heavy atom. The topological polar surface area (TPSA) is 75.7 Å². The third kappa shape index (κ3) is 5.72. The molecule has 29 heavy (non-hydrogen) atoms. The van der Waals surface area contributed by atoms with Crippen molar-refractivity contribution in [2.45, 2.75) is 69.4 Å². The number of ether oxygens (including phenoxy) is 1. The number of carbonyl (C=O) groups excluding carboxylic acids is 1. The highest BCUT2D eigenvalue weighted by molar-refractivity contribution is 7.89. The van der Waals surface area contributed by atoms with Crippen molar-refractivity contribution in [3.63, 3.8) is 0 Å². The lowest BCUT2D eigenvalue weighted by Gasteiger charge is -2.30. The molecule has 2 saturated heterocycles. The van der Waals surface area contributed by atoms with Crippen molar-refractivity contribution >= 4 is 27.5 Å². The van der Waals surface area contributed by atoms with Gasteiger partial charge in [-0.05, 0) is 69.6 Å². The van der Waals surface area contributed by atoms with E-state index in [9.17, 15) is 13.2 Å². The van der Waals surface area contributed by atoms with Crippen molar-refractivity contribution in [1.82, 2.24) is 9.62 Å². The lowest BCUT2D eigenvalue weighted by atomic mass is 10.0. The Balaban J connectivity index is 1.68. The zero-order chi connectivity index (χ0) is 21.0. The summed E-state index contributed by atoms with van der Waals surface area (Å²) in [7, 11) is -3.73. The molecule has 1 N–H and O–H groups in total. The molecule has 8 heteroatoms. The molecule has 2 aliphatic heterocycles. The Labute approximate surface area is 179 Å². The normalized spacial score (nSPS) is 24.4. The van der Waals surface area contributed by atoms with Gasteiger partial charge in [-0.25, -0.2) is 8.42 Å². The Morgan fingerprint density at radius 1 is 1.34 bits per heavy atom. The Hall–Kier alpha value is -1.15. The van der Waals surface area contributed by atoms with E-state index in [1.165, 1.54) is 16.4 Å². The molecule has 0 aromatic heterocycles. The van der Waals surface area contributed by atoms with Crippen molar-refractivity contribution in [1.29, 1.82) is 0 Å². The largest absolute Gasteiger partial charge is 0.378 e. The molecule has 0 aliphatic carbocycles. The Morgan fingerprint density at radius 2 is 2.14 bits per heavy atom. The van der Waals surface area contributed by atoms with Gasteiger partial charge in [0.2, 0.25) is 10.0 Å². The Bertz CT molecular complexity index is 824. The molecular formula is C21H31ClN2O4S. The van der Waals surface area contributed by atoms with E-state index in [0.29, 0.717) is 24.6 Å². The number of amides is 1. The van der Waals surface area contributed by atoms with Gasteiger partial charge in [0, 0.05) is 31.3 Å². The predicted molar refractivity (Wildman–Crippen MR) is 114 cm³/mol. The molecule has 2 heterocycles. The lowest BCUT2D eigenvalue weighted by Crippen LogP contribution is -2.39. The average molecular weight is 443 g/mol. The van der Waals surface area contributed by atoms with Crippen LogP contribution in [0.25, 0.3) is 0 Å². The van der Waals surface area contributed by atoms with Crippen molar-refractivity contribution in [2.75, 3.05) is 19.7 Å². The summed E-state index contributed by atoms with van der Waals surface area (Å²) >= 11 is 6.22. The SMILES string of the molecule is CC1CCCN(S(=O)(=O)c2cc(C(=O)NC(C)CCC3CCCO3)ccc2Cl)C1. The number of piperidine rings is 1.